The molecule has 0 aromatic heterocycles. The third-order valence-electron chi connectivity index (χ3n) is 4.91. The normalized spacial score (nSPS) is 16.7. The Morgan fingerprint density at radius 2 is 1.67 bits per heavy atom. The maximum absolute atomic E-state index is 2.64. The van der Waals surface area contributed by atoms with Crippen LogP contribution in [-0.4, -0.2) is 18.0 Å². The van der Waals surface area contributed by atoms with Crippen LogP contribution in [0.4, 0.5) is 0 Å². The van der Waals surface area contributed by atoms with Gasteiger partial charge >= 0.3 is 0 Å². The maximum atomic E-state index is 2.64. The molecule has 1 aliphatic heterocycles. The molecule has 0 radical (unpaired) electrons. The van der Waals surface area contributed by atoms with E-state index in [-0.39, 0.29) is 0 Å². The summed E-state index contributed by atoms with van der Waals surface area (Å²) in [4.78, 5) is 2.64. The monoisotopic (exact) mass is 289 g/mol. The zero-order valence-electron chi connectivity index (χ0n) is 15.1. The number of aryl methyl sites for hydroxylation is 1. The van der Waals surface area contributed by atoms with Gasteiger partial charge in [0.05, 0.1) is 0 Å². The van der Waals surface area contributed by atoms with Crippen LogP contribution >= 0.6 is 0 Å². The molecule has 0 unspecified atom stereocenters. The average Bonchev–Trinajstić information content (AvgIpc) is 2.52. The Hall–Kier alpha value is -0.820. The number of nitrogens with zero attached hydrogens (tertiary/aromatic N) is 1. The third-order valence-corrected chi connectivity index (χ3v) is 4.91. The summed E-state index contributed by atoms with van der Waals surface area (Å²) in [5, 5.41) is 0. The molecule has 1 aromatic carbocycles. The molecule has 0 bridgehead atoms. The Balaban J connectivity index is 0.00000106. The fraction of sp³-hybridized carbons (Fsp3) is 0.700. The second-order valence-corrected chi connectivity index (χ2v) is 6.41. The van der Waals surface area contributed by atoms with Crippen molar-refractivity contribution in [3.8, 4) is 0 Å². The van der Waals surface area contributed by atoms with Gasteiger partial charge in [0, 0.05) is 6.54 Å². The molecular weight excluding hydrogens is 254 g/mol. The fourth-order valence-corrected chi connectivity index (χ4v) is 3.31. The molecule has 0 spiro atoms. The van der Waals surface area contributed by atoms with Crippen molar-refractivity contribution in [1.29, 1.82) is 0 Å². The summed E-state index contributed by atoms with van der Waals surface area (Å²) in [6, 6.07) is 6.80. The maximum Gasteiger partial charge on any atom is 0.0236 e. The molecule has 1 aromatic rings. The molecular formula is C20H35N. The highest BCUT2D eigenvalue weighted by Crippen LogP contribution is 2.26. The lowest BCUT2D eigenvalue weighted by atomic mass is 9.86. The van der Waals surface area contributed by atoms with Crippen molar-refractivity contribution in [1.82, 2.24) is 4.90 Å². The molecule has 0 aliphatic carbocycles. The number of likely N-dealkylation sites (tertiary alicyclic amines) is 1. The van der Waals surface area contributed by atoms with Crippen molar-refractivity contribution in [2.45, 2.75) is 67.3 Å². The van der Waals surface area contributed by atoms with E-state index in [9.17, 15) is 0 Å². The molecule has 120 valence electrons. The lowest BCUT2D eigenvalue weighted by molar-refractivity contribution is 0.152. The van der Waals surface area contributed by atoms with Crippen LogP contribution in [0.1, 0.15) is 64.2 Å². The van der Waals surface area contributed by atoms with Crippen LogP contribution in [0.15, 0.2) is 18.2 Å². The average molecular weight is 290 g/mol. The van der Waals surface area contributed by atoms with Crippen LogP contribution < -0.4 is 0 Å². The van der Waals surface area contributed by atoms with Crippen LogP contribution in [0.3, 0.4) is 0 Å². The minimum absolute atomic E-state index is 0.854. The number of piperidine rings is 1. The van der Waals surface area contributed by atoms with Crippen molar-refractivity contribution >= 4 is 0 Å². The predicted molar refractivity (Wildman–Crippen MR) is 94.7 cm³/mol. The van der Waals surface area contributed by atoms with Gasteiger partial charge in [0.15, 0.2) is 0 Å². The first kappa shape index (κ1) is 18.2. The summed E-state index contributed by atoms with van der Waals surface area (Å²) < 4.78 is 0. The highest BCUT2D eigenvalue weighted by atomic mass is 15.1. The Kier molecular flexibility index (Phi) is 8.03. The minimum atomic E-state index is 0.854. The van der Waals surface area contributed by atoms with E-state index in [1.54, 1.807) is 0 Å². The SMILES string of the molecule is CC.CCc1cccc(CN2CCC(C(C)C)CC2)c1C. The minimum Gasteiger partial charge on any atom is -0.299 e. The van der Waals surface area contributed by atoms with E-state index in [1.165, 1.54) is 42.6 Å². The molecule has 0 N–H and O–H groups in total. The summed E-state index contributed by atoms with van der Waals surface area (Å²) in [5.74, 6) is 1.80. The molecule has 1 heterocycles. The third kappa shape index (κ3) is 5.14. The Morgan fingerprint density at radius 3 is 2.19 bits per heavy atom. The topological polar surface area (TPSA) is 3.24 Å². The number of rotatable bonds is 4. The van der Waals surface area contributed by atoms with E-state index in [0.717, 1.165) is 24.8 Å². The van der Waals surface area contributed by atoms with Crippen LogP contribution in [0.5, 0.6) is 0 Å². The number of hydrogen-bond acceptors (Lipinski definition) is 1. The number of benzene rings is 1. The first-order chi connectivity index (χ1) is 10.1. The van der Waals surface area contributed by atoms with E-state index >= 15 is 0 Å². The molecule has 21 heavy (non-hydrogen) atoms. The summed E-state index contributed by atoms with van der Waals surface area (Å²) >= 11 is 0. The van der Waals surface area contributed by atoms with E-state index in [2.05, 4.69) is 50.8 Å². The van der Waals surface area contributed by atoms with Gasteiger partial charge in [0.2, 0.25) is 0 Å². The van der Waals surface area contributed by atoms with Crippen molar-refractivity contribution in [2.24, 2.45) is 11.8 Å². The highest BCUT2D eigenvalue weighted by Gasteiger charge is 2.21. The second kappa shape index (κ2) is 9.25. The molecule has 1 aliphatic rings. The first-order valence-corrected chi connectivity index (χ1v) is 8.91. The van der Waals surface area contributed by atoms with Gasteiger partial charge in [-0.25, -0.2) is 0 Å². The first-order valence-electron chi connectivity index (χ1n) is 8.91. The van der Waals surface area contributed by atoms with Crippen molar-refractivity contribution in [2.75, 3.05) is 13.1 Å². The van der Waals surface area contributed by atoms with Gasteiger partial charge in [-0.3, -0.25) is 4.90 Å². The van der Waals surface area contributed by atoms with Crippen molar-refractivity contribution < 1.29 is 0 Å². The molecule has 0 atom stereocenters. The molecule has 0 amide bonds. The van der Waals surface area contributed by atoms with Gasteiger partial charge in [0.1, 0.15) is 0 Å². The Bertz CT molecular complexity index is 400. The Labute approximate surface area is 132 Å². The summed E-state index contributed by atoms with van der Waals surface area (Å²) in [7, 11) is 0. The van der Waals surface area contributed by atoms with E-state index in [0.29, 0.717) is 0 Å². The van der Waals surface area contributed by atoms with Gasteiger partial charge < -0.3 is 0 Å². The van der Waals surface area contributed by atoms with Crippen LogP contribution in [-0.2, 0) is 13.0 Å². The zero-order valence-corrected chi connectivity index (χ0v) is 15.1. The molecule has 1 heteroatoms. The molecule has 1 saturated heterocycles. The zero-order chi connectivity index (χ0) is 15.8. The van der Waals surface area contributed by atoms with Crippen LogP contribution in [0.2, 0.25) is 0 Å². The highest BCUT2D eigenvalue weighted by molar-refractivity contribution is 5.34. The second-order valence-electron chi connectivity index (χ2n) is 6.41. The molecule has 1 nitrogen and oxygen atoms in total. The predicted octanol–water partition coefficient (Wildman–Crippen LogP) is 5.45. The van der Waals surface area contributed by atoms with E-state index in [1.807, 2.05) is 13.8 Å². The smallest absolute Gasteiger partial charge is 0.0236 e. The quantitative estimate of drug-likeness (QED) is 0.712. The van der Waals surface area contributed by atoms with Crippen LogP contribution in [0.25, 0.3) is 0 Å². The van der Waals surface area contributed by atoms with Gasteiger partial charge in [-0.1, -0.05) is 52.8 Å². The fourth-order valence-electron chi connectivity index (χ4n) is 3.31. The summed E-state index contributed by atoms with van der Waals surface area (Å²) in [6.45, 7) is 17.0. The molecule has 2 rings (SSSR count). The van der Waals surface area contributed by atoms with Crippen molar-refractivity contribution in [3.63, 3.8) is 0 Å². The lowest BCUT2D eigenvalue weighted by Gasteiger charge is -2.34. The van der Waals surface area contributed by atoms with E-state index < -0.39 is 0 Å². The van der Waals surface area contributed by atoms with Gasteiger partial charge in [0.25, 0.3) is 0 Å². The lowest BCUT2D eigenvalue weighted by Crippen LogP contribution is -2.34. The largest absolute Gasteiger partial charge is 0.299 e. The number of hydrogen-bond donors (Lipinski definition) is 0. The standard InChI is InChI=1S/C18H29N.C2H6/c1-5-16-7-6-8-18(15(16)4)13-19-11-9-17(10-12-19)14(2)3;1-2/h6-8,14,17H,5,9-13H2,1-4H3;1-2H3. The van der Waals surface area contributed by atoms with Gasteiger partial charge in [-0.05, 0) is 67.8 Å². The molecule has 0 saturated carbocycles. The molecule has 1 fully saturated rings. The van der Waals surface area contributed by atoms with Crippen LogP contribution in [0, 0.1) is 18.8 Å². The Morgan fingerprint density at radius 1 is 1.10 bits per heavy atom. The van der Waals surface area contributed by atoms with Crippen molar-refractivity contribution in [3.05, 3.63) is 34.9 Å². The van der Waals surface area contributed by atoms with Gasteiger partial charge in [-0.2, -0.15) is 0 Å². The van der Waals surface area contributed by atoms with Gasteiger partial charge in [-0.15, -0.1) is 0 Å². The summed E-state index contributed by atoms with van der Waals surface area (Å²) in [5.41, 5.74) is 4.55. The van der Waals surface area contributed by atoms with E-state index in [4.69, 9.17) is 0 Å². The summed E-state index contributed by atoms with van der Waals surface area (Å²) in [6.07, 6.45) is 3.91.